The van der Waals surface area contributed by atoms with E-state index in [0.29, 0.717) is 17.0 Å². The van der Waals surface area contributed by atoms with E-state index in [4.69, 9.17) is 10.2 Å². The standard InChI is InChI=1S/C14H16N2O2/c1-8-6-11(4-5-13(8)15)16-14(17)12-7-9(2)18-10(12)3/h4-7H,15H2,1-3H3,(H,16,17). The lowest BCUT2D eigenvalue weighted by atomic mass is 10.1. The summed E-state index contributed by atoms with van der Waals surface area (Å²) < 4.78 is 5.34. The molecule has 0 spiro atoms. The molecule has 94 valence electrons. The summed E-state index contributed by atoms with van der Waals surface area (Å²) in [5.41, 5.74) is 8.66. The highest BCUT2D eigenvalue weighted by Gasteiger charge is 2.13. The number of nitrogen functional groups attached to an aromatic ring is 1. The molecule has 2 aromatic rings. The first-order valence-electron chi connectivity index (χ1n) is 5.72. The molecule has 4 heteroatoms. The lowest BCUT2D eigenvalue weighted by Gasteiger charge is -2.06. The molecule has 0 radical (unpaired) electrons. The van der Waals surface area contributed by atoms with Gasteiger partial charge in [-0.15, -0.1) is 0 Å². The molecule has 4 nitrogen and oxygen atoms in total. The molecular formula is C14H16N2O2. The summed E-state index contributed by atoms with van der Waals surface area (Å²) in [6, 6.07) is 7.13. The highest BCUT2D eigenvalue weighted by atomic mass is 16.3. The Labute approximate surface area is 106 Å². The molecule has 0 aliphatic carbocycles. The summed E-state index contributed by atoms with van der Waals surface area (Å²) in [6.45, 7) is 5.49. The quantitative estimate of drug-likeness (QED) is 0.798. The van der Waals surface area contributed by atoms with Crippen molar-refractivity contribution in [2.75, 3.05) is 11.1 Å². The normalized spacial score (nSPS) is 10.4. The Bertz CT molecular complexity index is 600. The Balaban J connectivity index is 2.21. The minimum atomic E-state index is -0.173. The average Bonchev–Trinajstić information content (AvgIpc) is 2.63. The zero-order valence-electron chi connectivity index (χ0n) is 10.7. The van der Waals surface area contributed by atoms with Crippen LogP contribution in [0.2, 0.25) is 0 Å². The Morgan fingerprint density at radius 1 is 1.22 bits per heavy atom. The molecule has 0 saturated heterocycles. The van der Waals surface area contributed by atoms with Gasteiger partial charge in [0.15, 0.2) is 0 Å². The topological polar surface area (TPSA) is 68.3 Å². The van der Waals surface area contributed by atoms with Crippen LogP contribution in [0.4, 0.5) is 11.4 Å². The first-order valence-corrected chi connectivity index (χ1v) is 5.72. The van der Waals surface area contributed by atoms with E-state index in [1.165, 1.54) is 0 Å². The maximum absolute atomic E-state index is 12.0. The van der Waals surface area contributed by atoms with Gasteiger partial charge in [0.25, 0.3) is 5.91 Å². The van der Waals surface area contributed by atoms with Crippen LogP contribution >= 0.6 is 0 Å². The van der Waals surface area contributed by atoms with Crippen molar-refractivity contribution >= 4 is 17.3 Å². The van der Waals surface area contributed by atoms with Crippen molar-refractivity contribution in [1.29, 1.82) is 0 Å². The smallest absolute Gasteiger partial charge is 0.259 e. The molecule has 0 bridgehead atoms. The van der Waals surface area contributed by atoms with Crippen LogP contribution in [0.3, 0.4) is 0 Å². The number of furan rings is 1. The molecule has 0 saturated carbocycles. The van der Waals surface area contributed by atoms with Gasteiger partial charge in [-0.05, 0) is 50.6 Å². The first kappa shape index (κ1) is 12.2. The van der Waals surface area contributed by atoms with Gasteiger partial charge in [0.2, 0.25) is 0 Å². The number of anilines is 2. The van der Waals surface area contributed by atoms with Gasteiger partial charge < -0.3 is 15.5 Å². The molecular weight excluding hydrogens is 228 g/mol. The number of nitrogens with one attached hydrogen (secondary N) is 1. The molecule has 0 atom stereocenters. The van der Waals surface area contributed by atoms with Crippen LogP contribution in [0.5, 0.6) is 0 Å². The number of nitrogens with two attached hydrogens (primary N) is 1. The van der Waals surface area contributed by atoms with Gasteiger partial charge in [0.05, 0.1) is 5.56 Å². The fourth-order valence-electron chi connectivity index (χ4n) is 1.81. The van der Waals surface area contributed by atoms with Crippen molar-refractivity contribution in [3.8, 4) is 0 Å². The predicted molar refractivity (Wildman–Crippen MR) is 71.7 cm³/mol. The van der Waals surface area contributed by atoms with Crippen LogP contribution in [0, 0.1) is 20.8 Å². The monoisotopic (exact) mass is 244 g/mol. The van der Waals surface area contributed by atoms with Gasteiger partial charge in [0, 0.05) is 11.4 Å². The summed E-state index contributed by atoms with van der Waals surface area (Å²) in [6.07, 6.45) is 0. The molecule has 1 amide bonds. The molecule has 0 aliphatic rings. The Kier molecular flexibility index (Phi) is 3.10. The predicted octanol–water partition coefficient (Wildman–Crippen LogP) is 3.04. The fraction of sp³-hybridized carbons (Fsp3) is 0.214. The molecule has 0 aliphatic heterocycles. The highest BCUT2D eigenvalue weighted by molar-refractivity contribution is 6.05. The summed E-state index contributed by atoms with van der Waals surface area (Å²) in [5, 5.41) is 2.83. The lowest BCUT2D eigenvalue weighted by molar-refractivity contribution is 0.102. The lowest BCUT2D eigenvalue weighted by Crippen LogP contribution is -2.12. The molecule has 0 unspecified atom stereocenters. The van der Waals surface area contributed by atoms with Gasteiger partial charge in [-0.3, -0.25) is 4.79 Å². The van der Waals surface area contributed by atoms with E-state index in [1.54, 1.807) is 25.1 Å². The fourth-order valence-corrected chi connectivity index (χ4v) is 1.81. The summed E-state index contributed by atoms with van der Waals surface area (Å²) in [5.74, 6) is 1.18. The number of rotatable bonds is 2. The number of amides is 1. The van der Waals surface area contributed by atoms with Crippen LogP contribution in [0.25, 0.3) is 0 Å². The van der Waals surface area contributed by atoms with Crippen LogP contribution in [0.15, 0.2) is 28.7 Å². The third-order valence-corrected chi connectivity index (χ3v) is 2.81. The molecule has 1 aromatic heterocycles. The van der Waals surface area contributed by atoms with E-state index in [1.807, 2.05) is 19.9 Å². The third kappa shape index (κ3) is 2.37. The SMILES string of the molecule is Cc1cc(C(=O)Nc2ccc(N)c(C)c2)c(C)o1. The Hall–Kier alpha value is -2.23. The van der Waals surface area contributed by atoms with Crippen molar-refractivity contribution in [3.05, 3.63) is 46.9 Å². The van der Waals surface area contributed by atoms with Crippen molar-refractivity contribution < 1.29 is 9.21 Å². The second kappa shape index (κ2) is 4.56. The summed E-state index contributed by atoms with van der Waals surface area (Å²) in [4.78, 5) is 12.0. The molecule has 1 heterocycles. The Morgan fingerprint density at radius 2 is 1.94 bits per heavy atom. The van der Waals surface area contributed by atoms with E-state index in [-0.39, 0.29) is 5.91 Å². The van der Waals surface area contributed by atoms with E-state index >= 15 is 0 Å². The molecule has 2 rings (SSSR count). The van der Waals surface area contributed by atoms with E-state index in [9.17, 15) is 4.79 Å². The van der Waals surface area contributed by atoms with Gasteiger partial charge >= 0.3 is 0 Å². The van der Waals surface area contributed by atoms with Crippen LogP contribution in [-0.2, 0) is 0 Å². The second-order valence-corrected chi connectivity index (χ2v) is 4.35. The number of carbonyl (C=O) groups is 1. The van der Waals surface area contributed by atoms with E-state index < -0.39 is 0 Å². The van der Waals surface area contributed by atoms with Crippen molar-refractivity contribution in [1.82, 2.24) is 0 Å². The Morgan fingerprint density at radius 3 is 2.50 bits per heavy atom. The second-order valence-electron chi connectivity index (χ2n) is 4.35. The van der Waals surface area contributed by atoms with Gasteiger partial charge in [-0.2, -0.15) is 0 Å². The maximum atomic E-state index is 12.0. The number of carbonyl (C=O) groups excluding carboxylic acids is 1. The molecule has 1 aromatic carbocycles. The minimum Gasteiger partial charge on any atom is -0.466 e. The zero-order valence-corrected chi connectivity index (χ0v) is 10.7. The van der Waals surface area contributed by atoms with Crippen molar-refractivity contribution in [3.63, 3.8) is 0 Å². The highest BCUT2D eigenvalue weighted by Crippen LogP contribution is 2.19. The number of hydrogen-bond acceptors (Lipinski definition) is 3. The summed E-state index contributed by atoms with van der Waals surface area (Å²) in [7, 11) is 0. The van der Waals surface area contributed by atoms with Gasteiger partial charge in [-0.25, -0.2) is 0 Å². The van der Waals surface area contributed by atoms with E-state index in [2.05, 4.69) is 5.32 Å². The maximum Gasteiger partial charge on any atom is 0.259 e. The number of aryl methyl sites for hydroxylation is 3. The summed E-state index contributed by atoms with van der Waals surface area (Å²) >= 11 is 0. The molecule has 0 fully saturated rings. The third-order valence-electron chi connectivity index (χ3n) is 2.81. The van der Waals surface area contributed by atoms with Gasteiger partial charge in [0.1, 0.15) is 11.5 Å². The molecule has 3 N–H and O–H groups in total. The first-order chi connectivity index (χ1) is 8.47. The van der Waals surface area contributed by atoms with Crippen molar-refractivity contribution in [2.24, 2.45) is 0 Å². The minimum absolute atomic E-state index is 0.173. The van der Waals surface area contributed by atoms with Crippen LogP contribution in [-0.4, -0.2) is 5.91 Å². The van der Waals surface area contributed by atoms with Gasteiger partial charge in [-0.1, -0.05) is 0 Å². The van der Waals surface area contributed by atoms with Crippen molar-refractivity contribution in [2.45, 2.75) is 20.8 Å². The van der Waals surface area contributed by atoms with Crippen LogP contribution < -0.4 is 11.1 Å². The number of hydrogen-bond donors (Lipinski definition) is 2. The zero-order chi connectivity index (χ0) is 13.3. The number of benzene rings is 1. The average molecular weight is 244 g/mol. The van der Waals surface area contributed by atoms with E-state index in [0.717, 1.165) is 17.0 Å². The largest absolute Gasteiger partial charge is 0.466 e. The van der Waals surface area contributed by atoms with Crippen LogP contribution in [0.1, 0.15) is 27.4 Å². The molecule has 18 heavy (non-hydrogen) atoms.